The summed E-state index contributed by atoms with van der Waals surface area (Å²) in [7, 11) is 0. The minimum atomic E-state index is -0.676. The molecule has 3 aromatic rings. The molecule has 0 aromatic heterocycles. The maximum Gasteiger partial charge on any atom is 0.242 e. The molecule has 172 valence electrons. The molecule has 4 rings (SSSR count). The first-order valence-corrected chi connectivity index (χ1v) is 11.8. The van der Waals surface area contributed by atoms with Crippen molar-refractivity contribution >= 4 is 22.6 Å². The van der Waals surface area contributed by atoms with E-state index in [1.54, 1.807) is 25.1 Å². The van der Waals surface area contributed by atoms with Gasteiger partial charge >= 0.3 is 0 Å². The minimum Gasteiger partial charge on any atom is -0.352 e. The number of carbonyl (C=O) groups excluding carboxylic acids is 2. The van der Waals surface area contributed by atoms with Gasteiger partial charge in [-0.15, -0.1) is 0 Å². The standard InChI is InChI=1S/C28H31FN2O2/c1-20(28(33)30-24-13-4-5-14-24)31(19-23-10-3-7-16-26(23)29)27(32)18-17-22-12-8-11-21-9-2-6-15-25(21)22/h2-3,6-12,15-16,20,24H,4-5,13-14,17-19H2,1H3,(H,30,33). The molecule has 0 aliphatic heterocycles. The molecule has 1 fully saturated rings. The number of aryl methyl sites for hydroxylation is 1. The molecule has 0 spiro atoms. The largest absolute Gasteiger partial charge is 0.352 e. The Kier molecular flexibility index (Phi) is 7.38. The van der Waals surface area contributed by atoms with E-state index in [0.717, 1.165) is 42.0 Å². The van der Waals surface area contributed by atoms with Gasteiger partial charge in [-0.25, -0.2) is 4.39 Å². The Balaban J connectivity index is 1.51. The van der Waals surface area contributed by atoms with Gasteiger partial charge in [0.25, 0.3) is 0 Å². The van der Waals surface area contributed by atoms with Gasteiger partial charge in [0.05, 0.1) is 0 Å². The van der Waals surface area contributed by atoms with E-state index in [1.807, 2.05) is 24.3 Å². The van der Waals surface area contributed by atoms with Crippen molar-refractivity contribution in [3.05, 3.63) is 83.7 Å². The summed E-state index contributed by atoms with van der Waals surface area (Å²) in [5, 5.41) is 5.35. The van der Waals surface area contributed by atoms with Crippen LogP contribution in [0.5, 0.6) is 0 Å². The highest BCUT2D eigenvalue weighted by molar-refractivity contribution is 5.89. The molecule has 5 heteroatoms. The second-order valence-electron chi connectivity index (χ2n) is 8.92. The Hall–Kier alpha value is -3.21. The van der Waals surface area contributed by atoms with Crippen LogP contribution in [0.4, 0.5) is 4.39 Å². The van der Waals surface area contributed by atoms with Gasteiger partial charge < -0.3 is 10.2 Å². The van der Waals surface area contributed by atoms with Crippen LogP contribution in [0, 0.1) is 5.82 Å². The monoisotopic (exact) mass is 446 g/mol. The van der Waals surface area contributed by atoms with E-state index in [9.17, 15) is 14.0 Å². The average molecular weight is 447 g/mol. The maximum atomic E-state index is 14.4. The van der Waals surface area contributed by atoms with Gasteiger partial charge in [0.15, 0.2) is 0 Å². The Morgan fingerprint density at radius 3 is 2.42 bits per heavy atom. The molecule has 1 atom stereocenters. The fourth-order valence-electron chi connectivity index (χ4n) is 4.68. The number of benzene rings is 3. The molecule has 1 aliphatic rings. The highest BCUT2D eigenvalue weighted by atomic mass is 19.1. The lowest BCUT2D eigenvalue weighted by atomic mass is 10.0. The quantitative estimate of drug-likeness (QED) is 0.505. The van der Waals surface area contributed by atoms with Crippen LogP contribution in [0.3, 0.4) is 0 Å². The molecule has 3 aromatic carbocycles. The summed E-state index contributed by atoms with van der Waals surface area (Å²) in [6.45, 7) is 1.81. The van der Waals surface area contributed by atoms with E-state index < -0.39 is 6.04 Å². The zero-order valence-electron chi connectivity index (χ0n) is 19.1. The molecule has 33 heavy (non-hydrogen) atoms. The highest BCUT2D eigenvalue weighted by Gasteiger charge is 2.28. The van der Waals surface area contributed by atoms with Crippen LogP contribution >= 0.6 is 0 Å². The smallest absolute Gasteiger partial charge is 0.242 e. The van der Waals surface area contributed by atoms with E-state index in [4.69, 9.17) is 0 Å². The molecule has 4 nitrogen and oxygen atoms in total. The molecule has 0 heterocycles. The topological polar surface area (TPSA) is 49.4 Å². The van der Waals surface area contributed by atoms with E-state index >= 15 is 0 Å². The fourth-order valence-corrected chi connectivity index (χ4v) is 4.68. The predicted molar refractivity (Wildman–Crippen MR) is 129 cm³/mol. The summed E-state index contributed by atoms with van der Waals surface area (Å²) in [6.07, 6.45) is 4.99. The van der Waals surface area contributed by atoms with Gasteiger partial charge in [-0.3, -0.25) is 9.59 Å². The van der Waals surface area contributed by atoms with Crippen LogP contribution in [0.25, 0.3) is 10.8 Å². The molecule has 0 saturated heterocycles. The Bertz CT molecular complexity index is 1120. The van der Waals surface area contributed by atoms with Crippen molar-refractivity contribution in [3.8, 4) is 0 Å². The van der Waals surface area contributed by atoms with Gasteiger partial charge in [0.1, 0.15) is 11.9 Å². The SMILES string of the molecule is CC(C(=O)NC1CCCC1)N(Cc1ccccc1F)C(=O)CCc1cccc2ccccc12. The molecular formula is C28H31FN2O2. The number of nitrogens with zero attached hydrogens (tertiary/aromatic N) is 1. The number of fused-ring (bicyclic) bond motifs is 1. The normalized spacial score (nSPS) is 14.8. The Morgan fingerprint density at radius 1 is 0.970 bits per heavy atom. The fraction of sp³-hybridized carbons (Fsp3) is 0.357. The summed E-state index contributed by atoms with van der Waals surface area (Å²) in [5.74, 6) is -0.690. The molecule has 0 bridgehead atoms. The lowest BCUT2D eigenvalue weighted by Crippen LogP contribution is -2.49. The zero-order valence-corrected chi connectivity index (χ0v) is 19.1. The lowest BCUT2D eigenvalue weighted by molar-refractivity contribution is -0.140. The number of hydrogen-bond donors (Lipinski definition) is 1. The summed E-state index contributed by atoms with van der Waals surface area (Å²) in [5.41, 5.74) is 1.51. The van der Waals surface area contributed by atoms with Crippen molar-refractivity contribution in [2.75, 3.05) is 0 Å². The van der Waals surface area contributed by atoms with Gasteiger partial charge in [-0.2, -0.15) is 0 Å². The number of carbonyl (C=O) groups is 2. The van der Waals surface area contributed by atoms with E-state index in [0.29, 0.717) is 12.0 Å². The Morgan fingerprint density at radius 2 is 1.64 bits per heavy atom. The number of hydrogen-bond acceptors (Lipinski definition) is 2. The molecule has 2 amide bonds. The van der Waals surface area contributed by atoms with Gasteiger partial charge in [-0.1, -0.05) is 73.5 Å². The van der Waals surface area contributed by atoms with Gasteiger partial charge in [0.2, 0.25) is 11.8 Å². The number of rotatable bonds is 8. The van der Waals surface area contributed by atoms with Gasteiger partial charge in [0, 0.05) is 24.6 Å². The van der Waals surface area contributed by atoms with Crippen LogP contribution < -0.4 is 5.32 Å². The molecular weight excluding hydrogens is 415 g/mol. The van der Waals surface area contributed by atoms with Crippen LogP contribution in [-0.4, -0.2) is 28.8 Å². The molecule has 1 unspecified atom stereocenters. The third kappa shape index (κ3) is 5.59. The highest BCUT2D eigenvalue weighted by Crippen LogP contribution is 2.22. The second kappa shape index (κ2) is 10.6. The van der Waals surface area contributed by atoms with Crippen molar-refractivity contribution < 1.29 is 14.0 Å². The second-order valence-corrected chi connectivity index (χ2v) is 8.92. The lowest BCUT2D eigenvalue weighted by Gasteiger charge is -2.30. The molecule has 1 N–H and O–H groups in total. The van der Waals surface area contributed by atoms with Crippen LogP contribution in [0.2, 0.25) is 0 Å². The number of nitrogens with one attached hydrogen (secondary N) is 1. The average Bonchev–Trinajstić information content (AvgIpc) is 3.34. The van der Waals surface area contributed by atoms with Crippen LogP contribution in [0.1, 0.15) is 50.2 Å². The third-order valence-corrected chi connectivity index (χ3v) is 6.66. The first-order valence-electron chi connectivity index (χ1n) is 11.8. The van der Waals surface area contributed by atoms with Crippen molar-refractivity contribution in [1.82, 2.24) is 10.2 Å². The van der Waals surface area contributed by atoms with E-state index in [-0.39, 0.29) is 36.6 Å². The number of halogens is 1. The third-order valence-electron chi connectivity index (χ3n) is 6.66. The Labute approximate surface area is 194 Å². The van der Waals surface area contributed by atoms with Crippen LogP contribution in [-0.2, 0) is 22.6 Å². The zero-order chi connectivity index (χ0) is 23.2. The number of amides is 2. The first kappa shape index (κ1) is 23.0. The van der Waals surface area contributed by atoms with Gasteiger partial charge in [-0.05, 0) is 48.6 Å². The summed E-state index contributed by atoms with van der Waals surface area (Å²) in [4.78, 5) is 27.9. The van der Waals surface area contributed by atoms with E-state index in [1.165, 1.54) is 11.0 Å². The van der Waals surface area contributed by atoms with Crippen molar-refractivity contribution in [2.24, 2.45) is 0 Å². The van der Waals surface area contributed by atoms with Crippen molar-refractivity contribution in [3.63, 3.8) is 0 Å². The molecule has 1 aliphatic carbocycles. The summed E-state index contributed by atoms with van der Waals surface area (Å²) in [6, 6.07) is 20.1. The minimum absolute atomic E-state index is 0.0697. The van der Waals surface area contributed by atoms with Crippen molar-refractivity contribution in [2.45, 2.75) is 64.1 Å². The van der Waals surface area contributed by atoms with Crippen LogP contribution in [0.15, 0.2) is 66.7 Å². The summed E-state index contributed by atoms with van der Waals surface area (Å²) < 4.78 is 14.4. The predicted octanol–water partition coefficient (Wildman–Crippen LogP) is 5.39. The molecule has 1 saturated carbocycles. The first-order chi connectivity index (χ1) is 16.0. The maximum absolute atomic E-state index is 14.4. The van der Waals surface area contributed by atoms with Crippen molar-refractivity contribution in [1.29, 1.82) is 0 Å². The molecule has 0 radical (unpaired) electrons. The summed E-state index contributed by atoms with van der Waals surface area (Å²) >= 11 is 0. The van der Waals surface area contributed by atoms with E-state index in [2.05, 4.69) is 23.5 Å².